The SMILES string of the molecule is CC(C)CC(CN)CCN1CCN(C)CC1. The number of likely N-dealkylation sites (N-methyl/N-ethyl adjacent to an activating group) is 1. The van der Waals surface area contributed by atoms with E-state index >= 15 is 0 Å². The van der Waals surface area contributed by atoms with E-state index < -0.39 is 0 Å². The van der Waals surface area contributed by atoms with Gasteiger partial charge in [0.05, 0.1) is 0 Å². The Hall–Kier alpha value is -0.120. The van der Waals surface area contributed by atoms with Crippen LogP contribution in [0.25, 0.3) is 0 Å². The van der Waals surface area contributed by atoms with Gasteiger partial charge in [-0.05, 0) is 44.8 Å². The normalized spacial score (nSPS) is 21.6. The van der Waals surface area contributed by atoms with Crippen LogP contribution in [0.1, 0.15) is 26.7 Å². The maximum Gasteiger partial charge on any atom is 0.0110 e. The molecule has 0 aromatic rings. The molecule has 96 valence electrons. The van der Waals surface area contributed by atoms with E-state index in [9.17, 15) is 0 Å². The average Bonchev–Trinajstić information content (AvgIpc) is 2.26. The van der Waals surface area contributed by atoms with Crippen molar-refractivity contribution in [3.63, 3.8) is 0 Å². The molecule has 1 aliphatic heterocycles. The molecule has 16 heavy (non-hydrogen) atoms. The lowest BCUT2D eigenvalue weighted by Gasteiger charge is -2.33. The van der Waals surface area contributed by atoms with Crippen molar-refractivity contribution in [2.75, 3.05) is 46.3 Å². The molecule has 0 aliphatic carbocycles. The van der Waals surface area contributed by atoms with E-state index in [4.69, 9.17) is 5.73 Å². The smallest absolute Gasteiger partial charge is 0.0110 e. The molecule has 3 nitrogen and oxygen atoms in total. The monoisotopic (exact) mass is 227 g/mol. The first kappa shape index (κ1) is 13.9. The molecule has 2 N–H and O–H groups in total. The van der Waals surface area contributed by atoms with Gasteiger partial charge in [0.1, 0.15) is 0 Å². The second-order valence-electron chi connectivity index (χ2n) is 5.66. The summed E-state index contributed by atoms with van der Waals surface area (Å²) in [5, 5.41) is 0. The molecule has 0 aromatic heterocycles. The molecular formula is C13H29N3. The van der Waals surface area contributed by atoms with Crippen LogP contribution in [-0.4, -0.2) is 56.1 Å². The van der Waals surface area contributed by atoms with Crippen LogP contribution in [0, 0.1) is 11.8 Å². The highest BCUT2D eigenvalue weighted by Crippen LogP contribution is 2.15. The first-order valence-corrected chi connectivity index (χ1v) is 6.72. The molecular weight excluding hydrogens is 198 g/mol. The highest BCUT2D eigenvalue weighted by molar-refractivity contribution is 4.71. The summed E-state index contributed by atoms with van der Waals surface area (Å²) in [6.45, 7) is 11.6. The third kappa shape index (κ3) is 5.28. The quantitative estimate of drug-likeness (QED) is 0.741. The van der Waals surface area contributed by atoms with E-state index in [1.165, 1.54) is 45.6 Å². The fourth-order valence-corrected chi connectivity index (χ4v) is 2.44. The van der Waals surface area contributed by atoms with E-state index in [0.717, 1.165) is 18.4 Å². The van der Waals surface area contributed by atoms with Gasteiger partial charge in [-0.15, -0.1) is 0 Å². The number of nitrogens with zero attached hydrogens (tertiary/aromatic N) is 2. The molecule has 1 aliphatic rings. The lowest BCUT2D eigenvalue weighted by Crippen LogP contribution is -2.45. The Balaban J connectivity index is 2.16. The van der Waals surface area contributed by atoms with Crippen LogP contribution in [0.5, 0.6) is 0 Å². The highest BCUT2D eigenvalue weighted by Gasteiger charge is 2.15. The van der Waals surface area contributed by atoms with Crippen LogP contribution in [0.15, 0.2) is 0 Å². The number of nitrogens with two attached hydrogens (primary N) is 1. The Bertz CT molecular complexity index is 174. The molecule has 1 heterocycles. The molecule has 0 bridgehead atoms. The lowest BCUT2D eigenvalue weighted by atomic mass is 9.94. The summed E-state index contributed by atoms with van der Waals surface area (Å²) in [7, 11) is 2.21. The minimum atomic E-state index is 0.722. The average molecular weight is 227 g/mol. The fourth-order valence-electron chi connectivity index (χ4n) is 2.44. The molecule has 0 spiro atoms. The molecule has 1 unspecified atom stereocenters. The van der Waals surface area contributed by atoms with E-state index in [1.54, 1.807) is 0 Å². The highest BCUT2D eigenvalue weighted by atomic mass is 15.2. The molecule has 3 heteroatoms. The Kier molecular flexibility index (Phi) is 6.32. The predicted octanol–water partition coefficient (Wildman–Crippen LogP) is 1.24. The van der Waals surface area contributed by atoms with E-state index in [1.807, 2.05) is 0 Å². The van der Waals surface area contributed by atoms with Gasteiger partial charge in [0.2, 0.25) is 0 Å². The first-order chi connectivity index (χ1) is 7.61. The minimum absolute atomic E-state index is 0.722. The van der Waals surface area contributed by atoms with Crippen molar-refractivity contribution in [3.05, 3.63) is 0 Å². The standard InChI is InChI=1S/C13H29N3/c1-12(2)10-13(11-14)4-5-16-8-6-15(3)7-9-16/h12-13H,4-11,14H2,1-3H3. The summed E-state index contributed by atoms with van der Waals surface area (Å²) in [5.41, 5.74) is 5.83. The van der Waals surface area contributed by atoms with Gasteiger partial charge in [-0.1, -0.05) is 13.8 Å². The number of hydrogen-bond donors (Lipinski definition) is 1. The van der Waals surface area contributed by atoms with Crippen molar-refractivity contribution < 1.29 is 0 Å². The zero-order chi connectivity index (χ0) is 12.0. The zero-order valence-corrected chi connectivity index (χ0v) is 11.3. The fraction of sp³-hybridized carbons (Fsp3) is 1.00. The number of rotatable bonds is 6. The summed E-state index contributed by atoms with van der Waals surface area (Å²) in [5.74, 6) is 1.50. The van der Waals surface area contributed by atoms with Crippen LogP contribution >= 0.6 is 0 Å². The minimum Gasteiger partial charge on any atom is -0.330 e. The van der Waals surface area contributed by atoms with Gasteiger partial charge in [0.25, 0.3) is 0 Å². The summed E-state index contributed by atoms with van der Waals surface area (Å²) in [4.78, 5) is 4.99. The van der Waals surface area contributed by atoms with Gasteiger partial charge in [0.15, 0.2) is 0 Å². The summed E-state index contributed by atoms with van der Waals surface area (Å²) in [6, 6.07) is 0. The first-order valence-electron chi connectivity index (χ1n) is 6.72. The Morgan fingerprint density at radius 2 is 1.75 bits per heavy atom. The van der Waals surface area contributed by atoms with Gasteiger partial charge >= 0.3 is 0 Å². The van der Waals surface area contributed by atoms with E-state index in [0.29, 0.717) is 0 Å². The Morgan fingerprint density at radius 1 is 1.12 bits per heavy atom. The molecule has 0 saturated carbocycles. The van der Waals surface area contributed by atoms with E-state index in [-0.39, 0.29) is 0 Å². The molecule has 0 amide bonds. The van der Waals surface area contributed by atoms with Crippen LogP contribution in [0.2, 0.25) is 0 Å². The second-order valence-corrected chi connectivity index (χ2v) is 5.66. The zero-order valence-electron chi connectivity index (χ0n) is 11.3. The summed E-state index contributed by atoms with van der Waals surface area (Å²) in [6.07, 6.45) is 2.56. The predicted molar refractivity (Wildman–Crippen MR) is 70.6 cm³/mol. The van der Waals surface area contributed by atoms with Crippen molar-refractivity contribution >= 4 is 0 Å². The second kappa shape index (κ2) is 7.25. The molecule has 0 radical (unpaired) electrons. The van der Waals surface area contributed by atoms with Gasteiger partial charge in [-0.3, -0.25) is 0 Å². The molecule has 1 atom stereocenters. The maximum atomic E-state index is 5.83. The van der Waals surface area contributed by atoms with Crippen LogP contribution in [0.4, 0.5) is 0 Å². The van der Waals surface area contributed by atoms with Gasteiger partial charge in [-0.2, -0.15) is 0 Å². The number of hydrogen-bond acceptors (Lipinski definition) is 3. The molecule has 1 rings (SSSR count). The summed E-state index contributed by atoms with van der Waals surface area (Å²) >= 11 is 0. The third-order valence-corrected chi connectivity index (χ3v) is 3.59. The van der Waals surface area contributed by atoms with Crippen molar-refractivity contribution in [1.82, 2.24) is 9.80 Å². The summed E-state index contributed by atoms with van der Waals surface area (Å²) < 4.78 is 0. The van der Waals surface area contributed by atoms with Crippen LogP contribution in [0.3, 0.4) is 0 Å². The van der Waals surface area contributed by atoms with Gasteiger partial charge in [0, 0.05) is 26.2 Å². The van der Waals surface area contributed by atoms with Gasteiger partial charge in [-0.25, -0.2) is 0 Å². The Morgan fingerprint density at radius 3 is 2.25 bits per heavy atom. The van der Waals surface area contributed by atoms with Crippen molar-refractivity contribution in [2.24, 2.45) is 17.6 Å². The van der Waals surface area contributed by atoms with Crippen molar-refractivity contribution in [2.45, 2.75) is 26.7 Å². The topological polar surface area (TPSA) is 32.5 Å². The number of piperazine rings is 1. The Labute approximate surface area is 101 Å². The maximum absolute atomic E-state index is 5.83. The molecule has 1 saturated heterocycles. The van der Waals surface area contributed by atoms with Crippen LogP contribution < -0.4 is 5.73 Å². The van der Waals surface area contributed by atoms with Crippen molar-refractivity contribution in [3.8, 4) is 0 Å². The van der Waals surface area contributed by atoms with Crippen LogP contribution in [-0.2, 0) is 0 Å². The van der Waals surface area contributed by atoms with Gasteiger partial charge < -0.3 is 15.5 Å². The lowest BCUT2D eigenvalue weighted by molar-refractivity contribution is 0.145. The molecule has 1 fully saturated rings. The van der Waals surface area contributed by atoms with Crippen molar-refractivity contribution in [1.29, 1.82) is 0 Å². The molecule has 0 aromatic carbocycles. The van der Waals surface area contributed by atoms with E-state index in [2.05, 4.69) is 30.7 Å². The largest absolute Gasteiger partial charge is 0.330 e. The third-order valence-electron chi connectivity index (χ3n) is 3.59.